The van der Waals surface area contributed by atoms with Crippen molar-refractivity contribution in [3.8, 4) is 22.8 Å². The van der Waals surface area contributed by atoms with Gasteiger partial charge in [0.05, 0.1) is 16.3 Å². The van der Waals surface area contributed by atoms with Crippen molar-refractivity contribution < 1.29 is 22.4 Å². The Morgan fingerprint density at radius 3 is 2.42 bits per heavy atom. The van der Waals surface area contributed by atoms with E-state index < -0.39 is 21.8 Å². The molecule has 0 aliphatic rings. The van der Waals surface area contributed by atoms with Crippen LogP contribution in [0.4, 0.5) is 4.39 Å². The SMILES string of the molecule is C#CCNS(=O)(=O)c1cccc(C(=O)NNC(=O)c2ccc(-c3ccc(F)cc3)s2)c1. The first-order chi connectivity index (χ1) is 14.8. The number of hydrogen-bond acceptors (Lipinski definition) is 5. The smallest absolute Gasteiger partial charge is 0.267 e. The maximum atomic E-state index is 13.1. The third kappa shape index (κ3) is 5.55. The zero-order valence-corrected chi connectivity index (χ0v) is 17.5. The predicted octanol–water partition coefficient (Wildman–Crippen LogP) is 2.54. The first-order valence-corrected chi connectivity index (χ1v) is 11.1. The van der Waals surface area contributed by atoms with E-state index in [1.165, 1.54) is 41.7 Å². The zero-order chi connectivity index (χ0) is 22.4. The summed E-state index contributed by atoms with van der Waals surface area (Å²) in [6.45, 7) is -0.185. The van der Waals surface area contributed by atoms with E-state index >= 15 is 0 Å². The van der Waals surface area contributed by atoms with Crippen molar-refractivity contribution >= 4 is 33.2 Å². The fourth-order valence-electron chi connectivity index (χ4n) is 2.50. The fraction of sp³-hybridized carbons (Fsp3) is 0.0476. The minimum absolute atomic E-state index is 0.0297. The van der Waals surface area contributed by atoms with Crippen LogP contribution in [0, 0.1) is 18.2 Å². The summed E-state index contributed by atoms with van der Waals surface area (Å²) in [6.07, 6.45) is 5.05. The van der Waals surface area contributed by atoms with E-state index in [2.05, 4.69) is 21.5 Å². The number of amides is 2. The van der Waals surface area contributed by atoms with Crippen molar-refractivity contribution in [2.24, 2.45) is 0 Å². The number of carbonyl (C=O) groups is 2. The predicted molar refractivity (Wildman–Crippen MR) is 115 cm³/mol. The van der Waals surface area contributed by atoms with Gasteiger partial charge in [0.15, 0.2) is 0 Å². The lowest BCUT2D eigenvalue weighted by molar-refractivity contribution is 0.0849. The molecule has 3 rings (SSSR count). The number of thiophene rings is 1. The highest BCUT2D eigenvalue weighted by Gasteiger charge is 2.16. The van der Waals surface area contributed by atoms with Crippen LogP contribution in [0.15, 0.2) is 65.6 Å². The molecule has 0 bridgehead atoms. The van der Waals surface area contributed by atoms with Crippen molar-refractivity contribution in [2.75, 3.05) is 6.54 Å². The van der Waals surface area contributed by atoms with Gasteiger partial charge < -0.3 is 0 Å². The molecule has 0 spiro atoms. The summed E-state index contributed by atoms with van der Waals surface area (Å²) in [5, 5.41) is 0. The van der Waals surface area contributed by atoms with Gasteiger partial charge in [-0.25, -0.2) is 12.8 Å². The minimum atomic E-state index is -3.86. The summed E-state index contributed by atoms with van der Waals surface area (Å²) in [5.41, 5.74) is 5.32. The number of carbonyl (C=O) groups excluding carboxylic acids is 2. The molecule has 0 aliphatic heterocycles. The molecule has 0 atom stereocenters. The molecule has 0 unspecified atom stereocenters. The molecule has 1 aromatic heterocycles. The number of hydrogen-bond donors (Lipinski definition) is 3. The van der Waals surface area contributed by atoms with Crippen molar-refractivity contribution in [1.29, 1.82) is 0 Å². The summed E-state index contributed by atoms with van der Waals surface area (Å²) < 4.78 is 39.5. The Labute approximate surface area is 182 Å². The second kappa shape index (κ2) is 9.53. The Bertz CT molecular complexity index is 1260. The molecule has 0 radical (unpaired) electrons. The Balaban J connectivity index is 1.65. The Morgan fingerprint density at radius 2 is 1.71 bits per heavy atom. The van der Waals surface area contributed by atoms with Crippen molar-refractivity contribution in [3.63, 3.8) is 0 Å². The number of nitrogens with one attached hydrogen (secondary N) is 3. The molecule has 2 aromatic carbocycles. The number of rotatable bonds is 6. The lowest BCUT2D eigenvalue weighted by Gasteiger charge is -2.08. The van der Waals surface area contributed by atoms with Crippen LogP contribution in [0.25, 0.3) is 10.4 Å². The maximum Gasteiger partial charge on any atom is 0.279 e. The van der Waals surface area contributed by atoms with Gasteiger partial charge in [0.1, 0.15) is 5.82 Å². The van der Waals surface area contributed by atoms with Crippen LogP contribution in [-0.2, 0) is 10.0 Å². The summed E-state index contributed by atoms with van der Waals surface area (Å²) in [4.78, 5) is 25.6. The lowest BCUT2D eigenvalue weighted by Crippen LogP contribution is -2.41. The molecule has 3 aromatic rings. The molecule has 2 amide bonds. The van der Waals surface area contributed by atoms with Gasteiger partial charge >= 0.3 is 0 Å². The minimum Gasteiger partial charge on any atom is -0.267 e. The largest absolute Gasteiger partial charge is 0.279 e. The van der Waals surface area contributed by atoms with Gasteiger partial charge in [-0.2, -0.15) is 4.72 Å². The van der Waals surface area contributed by atoms with E-state index in [-0.39, 0.29) is 22.8 Å². The van der Waals surface area contributed by atoms with Crippen LogP contribution in [0.3, 0.4) is 0 Å². The van der Waals surface area contributed by atoms with E-state index in [1.54, 1.807) is 24.3 Å². The van der Waals surface area contributed by atoms with Crippen LogP contribution >= 0.6 is 11.3 Å². The van der Waals surface area contributed by atoms with Crippen molar-refractivity contribution in [3.05, 3.63) is 76.9 Å². The van der Waals surface area contributed by atoms with Crippen LogP contribution in [0.1, 0.15) is 20.0 Å². The quantitative estimate of drug-likeness (QED) is 0.391. The number of hydrazine groups is 1. The molecule has 7 nitrogen and oxygen atoms in total. The van der Waals surface area contributed by atoms with Gasteiger partial charge in [-0.05, 0) is 48.0 Å². The lowest BCUT2D eigenvalue weighted by atomic mass is 10.2. The number of benzene rings is 2. The number of terminal acetylenes is 1. The fourth-order valence-corrected chi connectivity index (χ4v) is 4.39. The second-order valence-electron chi connectivity index (χ2n) is 6.14. The van der Waals surface area contributed by atoms with Gasteiger partial charge in [-0.1, -0.05) is 24.1 Å². The molecule has 3 N–H and O–H groups in total. The van der Waals surface area contributed by atoms with Crippen LogP contribution in [0.2, 0.25) is 0 Å². The Morgan fingerprint density at radius 1 is 1.00 bits per heavy atom. The first kappa shape index (κ1) is 22.2. The van der Waals surface area contributed by atoms with Crippen LogP contribution in [0.5, 0.6) is 0 Å². The molecule has 1 heterocycles. The zero-order valence-electron chi connectivity index (χ0n) is 15.9. The summed E-state index contributed by atoms with van der Waals surface area (Å²) >= 11 is 1.17. The van der Waals surface area contributed by atoms with E-state index in [0.717, 1.165) is 16.5 Å². The molecule has 0 aliphatic carbocycles. The topological polar surface area (TPSA) is 104 Å². The Hall–Kier alpha value is -3.52. The van der Waals surface area contributed by atoms with Gasteiger partial charge in [0.25, 0.3) is 11.8 Å². The van der Waals surface area contributed by atoms with Gasteiger partial charge in [0.2, 0.25) is 10.0 Å². The third-order valence-electron chi connectivity index (χ3n) is 4.02. The van der Waals surface area contributed by atoms with Gasteiger partial charge in [0, 0.05) is 10.4 Å². The van der Waals surface area contributed by atoms with Gasteiger partial charge in [-0.15, -0.1) is 17.8 Å². The van der Waals surface area contributed by atoms with Crippen molar-refractivity contribution in [1.82, 2.24) is 15.6 Å². The summed E-state index contributed by atoms with van der Waals surface area (Å²) in [7, 11) is -3.86. The first-order valence-electron chi connectivity index (χ1n) is 8.80. The third-order valence-corrected chi connectivity index (χ3v) is 6.55. The highest BCUT2D eigenvalue weighted by atomic mass is 32.2. The molecular formula is C21H16FN3O4S2. The Kier molecular flexibility index (Phi) is 6.81. The molecule has 0 saturated carbocycles. The molecule has 158 valence electrons. The van der Waals surface area contributed by atoms with Gasteiger partial charge in [-0.3, -0.25) is 20.4 Å². The monoisotopic (exact) mass is 457 g/mol. The molecule has 10 heteroatoms. The molecule has 31 heavy (non-hydrogen) atoms. The highest BCUT2D eigenvalue weighted by Crippen LogP contribution is 2.28. The van der Waals surface area contributed by atoms with Crippen molar-refractivity contribution in [2.45, 2.75) is 4.90 Å². The maximum absolute atomic E-state index is 13.1. The molecule has 0 fully saturated rings. The molecular weight excluding hydrogens is 441 g/mol. The number of halogens is 1. The second-order valence-corrected chi connectivity index (χ2v) is 8.99. The standard InChI is InChI=1S/C21H16FN3O4S2/c1-2-12-23-31(28,29)17-5-3-4-15(13-17)20(26)24-25-21(27)19-11-10-18(30-19)14-6-8-16(22)9-7-14/h1,3-11,13,23H,12H2,(H,24,26)(H,25,27). The van der Waals surface area contributed by atoms with E-state index in [1.807, 2.05) is 0 Å². The number of sulfonamides is 1. The highest BCUT2D eigenvalue weighted by molar-refractivity contribution is 7.89. The normalized spacial score (nSPS) is 10.8. The average Bonchev–Trinajstić information content (AvgIpc) is 3.27. The average molecular weight is 458 g/mol. The summed E-state index contributed by atoms with van der Waals surface area (Å²) in [5.74, 6) is 0.558. The van der Waals surface area contributed by atoms with Crippen LogP contribution in [-0.4, -0.2) is 26.8 Å². The molecule has 0 saturated heterocycles. The van der Waals surface area contributed by atoms with E-state index in [9.17, 15) is 22.4 Å². The van der Waals surface area contributed by atoms with Crippen LogP contribution < -0.4 is 15.6 Å². The van der Waals surface area contributed by atoms with E-state index in [0.29, 0.717) is 4.88 Å². The summed E-state index contributed by atoms with van der Waals surface area (Å²) in [6, 6.07) is 14.4. The van der Waals surface area contributed by atoms with E-state index in [4.69, 9.17) is 6.42 Å².